The van der Waals surface area contributed by atoms with Gasteiger partial charge in [-0.2, -0.15) is 0 Å². The number of carboxylic acids is 1. The summed E-state index contributed by atoms with van der Waals surface area (Å²) in [6, 6.07) is 1.71. The van der Waals surface area contributed by atoms with Crippen molar-refractivity contribution in [3.8, 4) is 0 Å². The predicted octanol–water partition coefficient (Wildman–Crippen LogP) is 2.70. The minimum atomic E-state index is -3.22. The fourth-order valence-electron chi connectivity index (χ4n) is 1.72. The Morgan fingerprint density at radius 3 is 2.38 bits per heavy atom. The first-order chi connectivity index (χ1) is 9.45. The Labute approximate surface area is 130 Å². The van der Waals surface area contributed by atoms with Crippen molar-refractivity contribution in [3.63, 3.8) is 0 Å². The molecule has 0 saturated carbocycles. The van der Waals surface area contributed by atoms with Crippen molar-refractivity contribution in [1.82, 2.24) is 4.98 Å². The van der Waals surface area contributed by atoms with E-state index >= 15 is 0 Å². The van der Waals surface area contributed by atoms with Gasteiger partial charge in [0.25, 0.3) is 0 Å². The molecule has 118 valence electrons. The molecule has 1 aromatic heterocycles. The summed E-state index contributed by atoms with van der Waals surface area (Å²) < 4.78 is 23.3. The van der Waals surface area contributed by atoms with E-state index in [1.54, 1.807) is 40.7 Å². The van der Waals surface area contributed by atoms with Gasteiger partial charge in [0.2, 0.25) is 0 Å². The van der Waals surface area contributed by atoms with E-state index < -0.39 is 20.6 Å². The van der Waals surface area contributed by atoms with Crippen LogP contribution in [0.15, 0.2) is 11.1 Å². The lowest BCUT2D eigenvalue weighted by Crippen LogP contribution is -2.31. The smallest absolute Gasteiger partial charge is 0.338 e. The first kappa shape index (κ1) is 18.0. The van der Waals surface area contributed by atoms with Crippen LogP contribution >= 0.6 is 11.8 Å². The number of carboxylic acid groups (broad SMARTS) is 1. The molecule has 0 aromatic carbocycles. The maximum atomic E-state index is 12.0. The third-order valence-electron chi connectivity index (χ3n) is 3.05. The average molecular weight is 331 g/mol. The molecule has 7 heteroatoms. The van der Waals surface area contributed by atoms with Gasteiger partial charge in [0.15, 0.2) is 9.84 Å². The van der Waals surface area contributed by atoms with E-state index in [2.05, 4.69) is 4.98 Å². The van der Waals surface area contributed by atoms with E-state index in [4.69, 9.17) is 0 Å². The summed E-state index contributed by atoms with van der Waals surface area (Å²) in [6.07, 6.45) is 0. The van der Waals surface area contributed by atoms with E-state index in [1.165, 1.54) is 11.8 Å². The highest BCUT2D eigenvalue weighted by Gasteiger charge is 2.28. The molecule has 0 bridgehead atoms. The summed E-state index contributed by atoms with van der Waals surface area (Å²) in [5.41, 5.74) is 1.51. The van der Waals surface area contributed by atoms with E-state index in [9.17, 15) is 18.3 Å². The molecule has 0 spiro atoms. The minimum absolute atomic E-state index is 0.00506. The molecule has 0 unspecified atom stereocenters. The van der Waals surface area contributed by atoms with E-state index in [0.29, 0.717) is 10.6 Å². The Balaban J connectivity index is 2.93. The number of rotatable bonds is 5. The van der Waals surface area contributed by atoms with Gasteiger partial charge < -0.3 is 5.11 Å². The standard InChI is InChI=1S/C14H21NO4S2/c1-9-8-10(2)15-12(11(9)13(16)17)20-6-7-21(18,19)14(3,4)5/h8H,6-7H2,1-5H3,(H,16,17). The lowest BCUT2D eigenvalue weighted by molar-refractivity contribution is 0.0691. The maximum absolute atomic E-state index is 12.0. The van der Waals surface area contributed by atoms with Crippen LogP contribution in [0.5, 0.6) is 0 Å². The summed E-state index contributed by atoms with van der Waals surface area (Å²) in [5.74, 6) is -0.758. The number of pyridine rings is 1. The molecule has 21 heavy (non-hydrogen) atoms. The van der Waals surface area contributed by atoms with Crippen LogP contribution in [0.25, 0.3) is 0 Å². The molecular weight excluding hydrogens is 310 g/mol. The van der Waals surface area contributed by atoms with Crippen LogP contribution < -0.4 is 0 Å². The molecule has 0 aliphatic heterocycles. The topological polar surface area (TPSA) is 84.3 Å². The molecule has 1 heterocycles. The molecule has 5 nitrogen and oxygen atoms in total. The zero-order valence-corrected chi connectivity index (χ0v) is 14.6. The fourth-order valence-corrected chi connectivity index (χ4v) is 4.34. The third kappa shape index (κ3) is 4.44. The minimum Gasteiger partial charge on any atom is -0.478 e. The molecule has 1 rings (SSSR count). The van der Waals surface area contributed by atoms with Crippen molar-refractivity contribution >= 4 is 27.6 Å². The number of carbonyl (C=O) groups is 1. The van der Waals surface area contributed by atoms with Gasteiger partial charge in [-0.25, -0.2) is 18.2 Å². The lowest BCUT2D eigenvalue weighted by Gasteiger charge is -2.19. The van der Waals surface area contributed by atoms with Gasteiger partial charge in [0.1, 0.15) is 5.03 Å². The number of sulfone groups is 1. The Bertz CT molecular complexity index is 646. The van der Waals surface area contributed by atoms with Crippen LogP contribution in [-0.4, -0.2) is 40.7 Å². The highest BCUT2D eigenvalue weighted by molar-refractivity contribution is 8.00. The average Bonchev–Trinajstić information content (AvgIpc) is 2.25. The SMILES string of the molecule is Cc1cc(C)c(C(=O)O)c(SCCS(=O)(=O)C(C)(C)C)n1. The molecule has 1 aromatic rings. The highest BCUT2D eigenvalue weighted by atomic mass is 32.2. The second-order valence-electron chi connectivity index (χ2n) is 5.85. The Kier molecular flexibility index (Phi) is 5.44. The van der Waals surface area contributed by atoms with Gasteiger partial charge in [0, 0.05) is 11.4 Å². The second kappa shape index (κ2) is 6.36. The molecule has 0 aliphatic carbocycles. The van der Waals surface area contributed by atoms with Crippen molar-refractivity contribution in [2.45, 2.75) is 44.4 Å². The van der Waals surface area contributed by atoms with E-state index in [1.807, 2.05) is 0 Å². The van der Waals surface area contributed by atoms with Gasteiger partial charge >= 0.3 is 5.97 Å². The van der Waals surface area contributed by atoms with Gasteiger partial charge in [-0.1, -0.05) is 0 Å². The second-order valence-corrected chi connectivity index (χ2v) is 9.79. The van der Waals surface area contributed by atoms with Crippen molar-refractivity contribution < 1.29 is 18.3 Å². The summed E-state index contributed by atoms with van der Waals surface area (Å²) in [6.45, 7) is 8.48. The predicted molar refractivity (Wildman–Crippen MR) is 84.9 cm³/mol. The highest BCUT2D eigenvalue weighted by Crippen LogP contribution is 2.26. The van der Waals surface area contributed by atoms with Crippen LogP contribution in [0, 0.1) is 13.8 Å². The van der Waals surface area contributed by atoms with Crippen molar-refractivity contribution in [1.29, 1.82) is 0 Å². The van der Waals surface area contributed by atoms with Gasteiger partial charge in [0.05, 0.1) is 16.1 Å². The van der Waals surface area contributed by atoms with Crippen LogP contribution in [-0.2, 0) is 9.84 Å². The van der Waals surface area contributed by atoms with Crippen LogP contribution in [0.4, 0.5) is 0 Å². The van der Waals surface area contributed by atoms with E-state index in [0.717, 1.165) is 5.69 Å². The van der Waals surface area contributed by atoms with Crippen LogP contribution in [0.3, 0.4) is 0 Å². The zero-order chi connectivity index (χ0) is 16.4. The molecule has 0 fully saturated rings. The molecule has 0 saturated heterocycles. The number of aryl methyl sites for hydroxylation is 2. The summed E-state index contributed by atoms with van der Waals surface area (Å²) in [4.78, 5) is 15.5. The number of hydrogen-bond acceptors (Lipinski definition) is 5. The molecule has 0 radical (unpaired) electrons. The molecular formula is C14H21NO4S2. The van der Waals surface area contributed by atoms with Crippen molar-refractivity contribution in [3.05, 3.63) is 22.9 Å². The Morgan fingerprint density at radius 1 is 1.33 bits per heavy atom. The molecule has 0 atom stereocenters. The summed E-state index contributed by atoms with van der Waals surface area (Å²) >= 11 is 1.18. The summed E-state index contributed by atoms with van der Waals surface area (Å²) in [5, 5.41) is 9.63. The Hall–Kier alpha value is -1.08. The maximum Gasteiger partial charge on any atom is 0.338 e. The van der Waals surface area contributed by atoms with Crippen LogP contribution in [0.2, 0.25) is 0 Å². The fraction of sp³-hybridized carbons (Fsp3) is 0.571. The normalized spacial score (nSPS) is 12.4. The van der Waals surface area contributed by atoms with Gasteiger partial charge in [-0.05, 0) is 46.2 Å². The first-order valence-corrected chi connectivity index (χ1v) is 9.16. The van der Waals surface area contributed by atoms with Gasteiger partial charge in [-0.3, -0.25) is 0 Å². The number of nitrogens with zero attached hydrogens (tertiary/aromatic N) is 1. The molecule has 0 aliphatic rings. The quantitative estimate of drug-likeness (QED) is 0.835. The van der Waals surface area contributed by atoms with Crippen molar-refractivity contribution in [2.75, 3.05) is 11.5 Å². The first-order valence-electron chi connectivity index (χ1n) is 6.52. The zero-order valence-electron chi connectivity index (χ0n) is 12.9. The number of aromatic nitrogens is 1. The van der Waals surface area contributed by atoms with Crippen molar-refractivity contribution in [2.24, 2.45) is 0 Å². The largest absolute Gasteiger partial charge is 0.478 e. The van der Waals surface area contributed by atoms with Gasteiger partial charge in [-0.15, -0.1) is 11.8 Å². The van der Waals surface area contributed by atoms with E-state index in [-0.39, 0.29) is 17.1 Å². The number of aromatic carboxylic acids is 1. The number of hydrogen-bond donors (Lipinski definition) is 1. The van der Waals surface area contributed by atoms with Crippen LogP contribution in [0.1, 0.15) is 42.4 Å². The molecule has 0 amide bonds. The monoisotopic (exact) mass is 331 g/mol. The number of thioether (sulfide) groups is 1. The Morgan fingerprint density at radius 2 is 1.90 bits per heavy atom. The molecule has 1 N–H and O–H groups in total. The third-order valence-corrected chi connectivity index (χ3v) is 6.89. The lowest BCUT2D eigenvalue weighted by atomic mass is 10.1. The summed E-state index contributed by atoms with van der Waals surface area (Å²) in [7, 11) is -3.22.